The first-order valence-electron chi connectivity index (χ1n) is 4.70. The summed E-state index contributed by atoms with van der Waals surface area (Å²) in [5.74, 6) is 0.220. The average Bonchev–Trinajstić information content (AvgIpc) is 2.50. The lowest BCUT2D eigenvalue weighted by Crippen LogP contribution is -2.45. The van der Waals surface area contributed by atoms with Gasteiger partial charge in [-0.15, -0.1) is 0 Å². The van der Waals surface area contributed by atoms with E-state index in [1.807, 2.05) is 0 Å². The number of hydrogen-bond acceptors (Lipinski definition) is 3. The molecule has 1 rings (SSSR count). The summed E-state index contributed by atoms with van der Waals surface area (Å²) in [5.41, 5.74) is 0.106. The Kier molecular flexibility index (Phi) is 3.29. The van der Waals surface area contributed by atoms with Crippen LogP contribution in [0.25, 0.3) is 0 Å². The van der Waals surface area contributed by atoms with E-state index in [2.05, 4.69) is 25.1 Å². The molecule has 1 saturated carbocycles. The molecule has 2 unspecified atom stereocenters. The van der Waals surface area contributed by atoms with Gasteiger partial charge in [-0.2, -0.15) is 5.26 Å². The van der Waals surface area contributed by atoms with Crippen molar-refractivity contribution in [1.82, 2.24) is 4.90 Å². The largest absolute Gasteiger partial charge is 0.383 e. The first kappa shape index (κ1) is 10.5. The van der Waals surface area contributed by atoms with Crippen molar-refractivity contribution in [2.75, 3.05) is 27.8 Å². The van der Waals surface area contributed by atoms with Gasteiger partial charge in [0.15, 0.2) is 0 Å². The average molecular weight is 182 g/mol. The van der Waals surface area contributed by atoms with E-state index >= 15 is 0 Å². The third kappa shape index (κ3) is 2.01. The molecule has 0 aliphatic heterocycles. The monoisotopic (exact) mass is 182 g/mol. The van der Waals surface area contributed by atoms with Gasteiger partial charge in [0.25, 0.3) is 0 Å². The summed E-state index contributed by atoms with van der Waals surface area (Å²) < 4.78 is 5.23. The molecule has 3 nitrogen and oxygen atoms in total. The molecule has 74 valence electrons. The van der Waals surface area contributed by atoms with Crippen molar-refractivity contribution in [3.05, 3.63) is 0 Å². The second-order valence-electron chi connectivity index (χ2n) is 4.12. The van der Waals surface area contributed by atoms with Crippen LogP contribution < -0.4 is 0 Å². The van der Waals surface area contributed by atoms with E-state index in [4.69, 9.17) is 10.00 Å². The van der Waals surface area contributed by atoms with Gasteiger partial charge in [0.2, 0.25) is 0 Å². The van der Waals surface area contributed by atoms with Crippen molar-refractivity contribution >= 4 is 0 Å². The zero-order valence-electron chi connectivity index (χ0n) is 8.71. The lowest BCUT2D eigenvalue weighted by molar-refractivity contribution is 0.0434. The van der Waals surface area contributed by atoms with Crippen LogP contribution in [0, 0.1) is 17.2 Å². The summed E-state index contributed by atoms with van der Waals surface area (Å²) >= 11 is 0. The molecule has 3 heteroatoms. The maximum atomic E-state index is 8.84. The molecule has 0 amide bonds. The number of methoxy groups -OCH3 is 1. The van der Waals surface area contributed by atoms with Crippen molar-refractivity contribution in [1.29, 1.82) is 5.26 Å². The highest BCUT2D eigenvalue weighted by atomic mass is 16.5. The lowest BCUT2D eigenvalue weighted by atomic mass is 9.96. The summed E-state index contributed by atoms with van der Waals surface area (Å²) in [6.07, 6.45) is 3.04. The van der Waals surface area contributed by atoms with E-state index in [-0.39, 0.29) is 11.5 Å². The minimum absolute atomic E-state index is 0.106. The molecular weight excluding hydrogens is 164 g/mol. The van der Waals surface area contributed by atoms with Crippen LogP contribution in [0.5, 0.6) is 0 Å². The fourth-order valence-electron chi connectivity index (χ4n) is 2.15. The molecule has 2 atom stereocenters. The topological polar surface area (TPSA) is 36.3 Å². The summed E-state index contributed by atoms with van der Waals surface area (Å²) in [4.78, 5) is 2.20. The Morgan fingerprint density at radius 3 is 2.69 bits per heavy atom. The molecule has 13 heavy (non-hydrogen) atoms. The van der Waals surface area contributed by atoms with Gasteiger partial charge in [-0.3, -0.25) is 0 Å². The normalized spacial score (nSPS) is 33.6. The minimum atomic E-state index is 0.106. The van der Waals surface area contributed by atoms with Crippen LogP contribution in [0.3, 0.4) is 0 Å². The van der Waals surface area contributed by atoms with Crippen LogP contribution in [0.2, 0.25) is 0 Å². The molecule has 0 saturated heterocycles. The van der Waals surface area contributed by atoms with Gasteiger partial charge in [-0.1, -0.05) is 0 Å². The smallest absolute Gasteiger partial charge is 0.0656 e. The zero-order chi connectivity index (χ0) is 9.90. The number of nitrogens with zero attached hydrogens (tertiary/aromatic N) is 2. The molecule has 0 radical (unpaired) electrons. The second kappa shape index (κ2) is 4.08. The molecule has 0 aromatic rings. The number of likely N-dealkylation sites (N-methyl/N-ethyl adjacent to an activating group) is 1. The van der Waals surface area contributed by atoms with Crippen molar-refractivity contribution in [3.63, 3.8) is 0 Å². The van der Waals surface area contributed by atoms with Gasteiger partial charge in [-0.05, 0) is 33.4 Å². The van der Waals surface area contributed by atoms with Crippen LogP contribution in [0.1, 0.15) is 19.3 Å². The first-order valence-corrected chi connectivity index (χ1v) is 4.70. The molecule has 0 bridgehead atoms. The maximum absolute atomic E-state index is 8.84. The highest BCUT2D eigenvalue weighted by molar-refractivity contribution is 5.02. The third-order valence-electron chi connectivity index (χ3n) is 3.13. The third-order valence-corrected chi connectivity index (χ3v) is 3.13. The summed E-state index contributed by atoms with van der Waals surface area (Å²) in [6, 6.07) is 2.35. The van der Waals surface area contributed by atoms with E-state index in [0.717, 1.165) is 25.9 Å². The molecule has 0 spiro atoms. The van der Waals surface area contributed by atoms with Crippen LogP contribution in [0.4, 0.5) is 0 Å². The number of rotatable bonds is 3. The van der Waals surface area contributed by atoms with Crippen molar-refractivity contribution in [2.24, 2.45) is 5.92 Å². The fourth-order valence-corrected chi connectivity index (χ4v) is 2.15. The summed E-state index contributed by atoms with van der Waals surface area (Å²) in [7, 11) is 5.86. The molecule has 1 fully saturated rings. The van der Waals surface area contributed by atoms with Crippen molar-refractivity contribution < 1.29 is 4.74 Å². The SMILES string of the molecule is COCC1(N(C)C)CCC(C#N)C1. The van der Waals surface area contributed by atoms with E-state index in [0.29, 0.717) is 0 Å². The summed E-state index contributed by atoms with van der Waals surface area (Å²) in [6.45, 7) is 0.734. The van der Waals surface area contributed by atoms with Crippen LogP contribution in [0.15, 0.2) is 0 Å². The predicted octanol–water partition coefficient (Wildman–Crippen LogP) is 1.26. The Morgan fingerprint density at radius 2 is 2.31 bits per heavy atom. The van der Waals surface area contributed by atoms with E-state index in [1.54, 1.807) is 7.11 Å². The molecule has 0 aromatic heterocycles. The maximum Gasteiger partial charge on any atom is 0.0656 e. The van der Waals surface area contributed by atoms with Gasteiger partial charge in [-0.25, -0.2) is 0 Å². The van der Waals surface area contributed by atoms with Crippen molar-refractivity contribution in [2.45, 2.75) is 24.8 Å². The fraction of sp³-hybridized carbons (Fsp3) is 0.900. The highest BCUT2D eigenvalue weighted by Gasteiger charge is 2.40. The quantitative estimate of drug-likeness (QED) is 0.659. The predicted molar refractivity (Wildman–Crippen MR) is 51.2 cm³/mol. The van der Waals surface area contributed by atoms with Gasteiger partial charge >= 0.3 is 0 Å². The van der Waals surface area contributed by atoms with E-state index in [9.17, 15) is 0 Å². The van der Waals surface area contributed by atoms with Gasteiger partial charge in [0, 0.05) is 18.6 Å². The Bertz CT molecular complexity index is 209. The molecular formula is C10H18N2O. The second-order valence-corrected chi connectivity index (χ2v) is 4.12. The summed E-state index contributed by atoms with van der Waals surface area (Å²) in [5, 5.41) is 8.84. The Hall–Kier alpha value is -0.590. The van der Waals surface area contributed by atoms with E-state index in [1.165, 1.54) is 0 Å². The van der Waals surface area contributed by atoms with Gasteiger partial charge < -0.3 is 9.64 Å². The van der Waals surface area contributed by atoms with Gasteiger partial charge in [0.05, 0.1) is 12.7 Å². The molecule has 1 aliphatic carbocycles. The molecule has 0 heterocycles. The van der Waals surface area contributed by atoms with E-state index < -0.39 is 0 Å². The number of ether oxygens (including phenoxy) is 1. The molecule has 0 aromatic carbocycles. The molecule has 0 N–H and O–H groups in total. The number of hydrogen-bond donors (Lipinski definition) is 0. The molecule has 1 aliphatic rings. The highest BCUT2D eigenvalue weighted by Crippen LogP contribution is 2.37. The Balaban J connectivity index is 2.66. The van der Waals surface area contributed by atoms with Crippen molar-refractivity contribution in [3.8, 4) is 6.07 Å². The Labute approximate surface area is 80.3 Å². The Morgan fingerprint density at radius 1 is 1.62 bits per heavy atom. The lowest BCUT2D eigenvalue weighted by Gasteiger charge is -2.35. The van der Waals surface area contributed by atoms with Crippen LogP contribution in [-0.4, -0.2) is 38.3 Å². The van der Waals surface area contributed by atoms with Crippen LogP contribution >= 0.6 is 0 Å². The number of nitriles is 1. The van der Waals surface area contributed by atoms with Crippen LogP contribution in [-0.2, 0) is 4.74 Å². The minimum Gasteiger partial charge on any atom is -0.383 e. The standard InChI is InChI=1S/C10H18N2O/c1-12(2)10(8-13-3)5-4-9(6-10)7-11/h9H,4-6,8H2,1-3H3. The van der Waals surface area contributed by atoms with Gasteiger partial charge in [0.1, 0.15) is 0 Å². The first-order chi connectivity index (χ1) is 6.14. The zero-order valence-corrected chi connectivity index (χ0v) is 8.71.